The maximum absolute atomic E-state index is 12.5. The van der Waals surface area contributed by atoms with Gasteiger partial charge in [-0.15, -0.1) is 0 Å². The Morgan fingerprint density at radius 3 is 2.63 bits per heavy atom. The maximum Gasteiger partial charge on any atom is 0.274 e. The Hall–Kier alpha value is -3.26. The molecule has 8 nitrogen and oxygen atoms in total. The molecule has 1 fully saturated rings. The van der Waals surface area contributed by atoms with Crippen LogP contribution in [0.25, 0.3) is 0 Å². The summed E-state index contributed by atoms with van der Waals surface area (Å²) in [5.74, 6) is -0.666. The number of carbonyl (C=O) groups excluding carboxylic acids is 2. The first-order valence-corrected chi connectivity index (χ1v) is 8.53. The van der Waals surface area contributed by atoms with Crippen LogP contribution in [0.5, 0.6) is 0 Å². The molecule has 3 rings (SSSR count). The fourth-order valence-electron chi connectivity index (χ4n) is 2.83. The van der Waals surface area contributed by atoms with Gasteiger partial charge in [-0.2, -0.15) is 0 Å². The molecule has 27 heavy (non-hydrogen) atoms. The van der Waals surface area contributed by atoms with Crippen LogP contribution in [0.4, 0.5) is 17.1 Å². The van der Waals surface area contributed by atoms with Gasteiger partial charge in [0.15, 0.2) is 0 Å². The van der Waals surface area contributed by atoms with E-state index in [1.54, 1.807) is 43.3 Å². The number of nitro benzene ring substituents is 1. The average Bonchev–Trinajstić information content (AvgIpc) is 3.18. The van der Waals surface area contributed by atoms with Gasteiger partial charge in [0.1, 0.15) is 6.10 Å². The molecule has 2 aromatic rings. The van der Waals surface area contributed by atoms with E-state index in [0.717, 1.165) is 6.42 Å². The fraction of sp³-hybridized carbons (Fsp3) is 0.263. The zero-order valence-corrected chi connectivity index (χ0v) is 14.7. The lowest BCUT2D eigenvalue weighted by molar-refractivity contribution is -0.385. The molecule has 0 aliphatic carbocycles. The van der Waals surface area contributed by atoms with Gasteiger partial charge in [0, 0.05) is 35.2 Å². The largest absolute Gasteiger partial charge is 0.368 e. The second-order valence-electron chi connectivity index (χ2n) is 6.28. The molecule has 1 atom stereocenters. The summed E-state index contributed by atoms with van der Waals surface area (Å²) < 4.78 is 5.34. The highest BCUT2D eigenvalue weighted by atomic mass is 16.6. The Morgan fingerprint density at radius 2 is 1.93 bits per heavy atom. The van der Waals surface area contributed by atoms with E-state index in [-0.39, 0.29) is 11.6 Å². The second kappa shape index (κ2) is 7.96. The Bertz CT molecular complexity index is 891. The van der Waals surface area contributed by atoms with E-state index in [1.807, 2.05) is 0 Å². The van der Waals surface area contributed by atoms with Crippen LogP contribution in [-0.4, -0.2) is 29.4 Å². The number of nitrogens with one attached hydrogen (secondary N) is 2. The quantitative estimate of drug-likeness (QED) is 0.621. The van der Waals surface area contributed by atoms with E-state index in [1.165, 1.54) is 6.07 Å². The molecule has 1 aliphatic heterocycles. The van der Waals surface area contributed by atoms with Gasteiger partial charge in [0.2, 0.25) is 0 Å². The first kappa shape index (κ1) is 18.5. The highest BCUT2D eigenvalue weighted by molar-refractivity contribution is 6.05. The lowest BCUT2D eigenvalue weighted by Crippen LogP contribution is -2.27. The van der Waals surface area contributed by atoms with Crippen LogP contribution in [0.2, 0.25) is 0 Å². The van der Waals surface area contributed by atoms with Crippen molar-refractivity contribution in [3.05, 3.63) is 63.7 Å². The van der Waals surface area contributed by atoms with Crippen LogP contribution in [0.1, 0.15) is 28.8 Å². The maximum atomic E-state index is 12.5. The van der Waals surface area contributed by atoms with E-state index in [4.69, 9.17) is 4.74 Å². The molecule has 0 bridgehead atoms. The van der Waals surface area contributed by atoms with Gasteiger partial charge in [-0.05, 0) is 44.0 Å². The molecule has 0 aromatic heterocycles. The SMILES string of the molecule is Cc1ccc(NC(=O)c2cccc(NC(=O)[C@@H]3CCCO3)c2)cc1[N+](=O)[O-]. The monoisotopic (exact) mass is 369 g/mol. The number of aryl methyl sites for hydroxylation is 1. The molecule has 140 valence electrons. The minimum absolute atomic E-state index is 0.0645. The Labute approximate surface area is 155 Å². The van der Waals surface area contributed by atoms with Crippen molar-refractivity contribution in [2.24, 2.45) is 0 Å². The zero-order chi connectivity index (χ0) is 19.4. The van der Waals surface area contributed by atoms with Crippen LogP contribution >= 0.6 is 0 Å². The summed E-state index contributed by atoms with van der Waals surface area (Å²) >= 11 is 0. The van der Waals surface area contributed by atoms with Gasteiger partial charge in [-0.25, -0.2) is 0 Å². The molecule has 0 spiro atoms. The van der Waals surface area contributed by atoms with Crippen molar-refractivity contribution in [1.82, 2.24) is 0 Å². The van der Waals surface area contributed by atoms with Crippen molar-refractivity contribution in [1.29, 1.82) is 0 Å². The predicted octanol–water partition coefficient (Wildman–Crippen LogP) is 3.27. The highest BCUT2D eigenvalue weighted by Gasteiger charge is 2.23. The molecule has 0 radical (unpaired) electrons. The topological polar surface area (TPSA) is 111 Å². The number of anilines is 2. The Balaban J connectivity index is 1.71. The third-order valence-corrected chi connectivity index (χ3v) is 4.28. The smallest absolute Gasteiger partial charge is 0.274 e. The number of carbonyl (C=O) groups is 2. The second-order valence-corrected chi connectivity index (χ2v) is 6.28. The van der Waals surface area contributed by atoms with Gasteiger partial charge in [-0.1, -0.05) is 12.1 Å². The molecule has 2 amide bonds. The molecule has 1 saturated heterocycles. The number of nitrogens with zero attached hydrogens (tertiary/aromatic N) is 1. The number of benzene rings is 2. The van der Waals surface area contributed by atoms with Crippen LogP contribution in [0.15, 0.2) is 42.5 Å². The molecule has 0 unspecified atom stereocenters. The lowest BCUT2D eigenvalue weighted by atomic mass is 10.1. The summed E-state index contributed by atoms with van der Waals surface area (Å²) in [5.41, 5.74) is 1.58. The number of amides is 2. The third kappa shape index (κ3) is 4.48. The summed E-state index contributed by atoms with van der Waals surface area (Å²) in [5, 5.41) is 16.4. The van der Waals surface area contributed by atoms with E-state index in [2.05, 4.69) is 10.6 Å². The normalized spacial score (nSPS) is 16.0. The van der Waals surface area contributed by atoms with E-state index < -0.39 is 16.9 Å². The highest BCUT2D eigenvalue weighted by Crippen LogP contribution is 2.23. The lowest BCUT2D eigenvalue weighted by Gasteiger charge is -2.11. The van der Waals surface area contributed by atoms with Crippen molar-refractivity contribution in [3.8, 4) is 0 Å². The number of hydrogen-bond acceptors (Lipinski definition) is 5. The molecule has 0 saturated carbocycles. The van der Waals surface area contributed by atoms with Gasteiger partial charge >= 0.3 is 0 Å². The third-order valence-electron chi connectivity index (χ3n) is 4.28. The van der Waals surface area contributed by atoms with Crippen LogP contribution in [-0.2, 0) is 9.53 Å². The summed E-state index contributed by atoms with van der Waals surface area (Å²) in [7, 11) is 0. The Morgan fingerprint density at radius 1 is 1.15 bits per heavy atom. The van der Waals surface area contributed by atoms with E-state index >= 15 is 0 Å². The number of rotatable bonds is 5. The van der Waals surface area contributed by atoms with E-state index in [0.29, 0.717) is 35.5 Å². The first-order valence-electron chi connectivity index (χ1n) is 8.53. The fourth-order valence-corrected chi connectivity index (χ4v) is 2.83. The molecule has 2 N–H and O–H groups in total. The van der Waals surface area contributed by atoms with Gasteiger partial charge in [0.05, 0.1) is 4.92 Å². The van der Waals surface area contributed by atoms with E-state index in [9.17, 15) is 19.7 Å². The number of ether oxygens (including phenoxy) is 1. The number of hydrogen-bond donors (Lipinski definition) is 2. The molecule has 8 heteroatoms. The van der Waals surface area contributed by atoms with Gasteiger partial charge in [-0.3, -0.25) is 19.7 Å². The summed E-state index contributed by atoms with van der Waals surface area (Å²) in [6.45, 7) is 2.20. The predicted molar refractivity (Wildman–Crippen MR) is 99.8 cm³/mol. The average molecular weight is 369 g/mol. The van der Waals surface area contributed by atoms with Crippen molar-refractivity contribution < 1.29 is 19.2 Å². The Kier molecular flexibility index (Phi) is 5.46. The zero-order valence-electron chi connectivity index (χ0n) is 14.7. The van der Waals surface area contributed by atoms with Crippen molar-refractivity contribution in [3.63, 3.8) is 0 Å². The molecular formula is C19H19N3O5. The molecule has 1 heterocycles. The molecule has 2 aromatic carbocycles. The minimum Gasteiger partial charge on any atom is -0.368 e. The minimum atomic E-state index is -0.494. The van der Waals surface area contributed by atoms with Crippen molar-refractivity contribution in [2.45, 2.75) is 25.9 Å². The van der Waals surface area contributed by atoms with Crippen LogP contribution in [0.3, 0.4) is 0 Å². The van der Waals surface area contributed by atoms with Crippen molar-refractivity contribution in [2.75, 3.05) is 17.2 Å². The van der Waals surface area contributed by atoms with Crippen molar-refractivity contribution >= 4 is 28.9 Å². The van der Waals surface area contributed by atoms with Gasteiger partial charge in [0.25, 0.3) is 17.5 Å². The summed E-state index contributed by atoms with van der Waals surface area (Å²) in [4.78, 5) is 35.1. The summed E-state index contributed by atoms with van der Waals surface area (Å²) in [6, 6.07) is 11.0. The van der Waals surface area contributed by atoms with Crippen LogP contribution < -0.4 is 10.6 Å². The molecule has 1 aliphatic rings. The van der Waals surface area contributed by atoms with Crippen LogP contribution in [0, 0.1) is 17.0 Å². The first-order chi connectivity index (χ1) is 12.9. The number of nitro groups is 1. The standard InChI is InChI=1S/C19H19N3O5/c1-12-7-8-15(11-16(12)22(25)26)20-18(23)13-4-2-5-14(10-13)21-19(24)17-6-3-9-27-17/h2,4-5,7-8,10-11,17H,3,6,9H2,1H3,(H,20,23)(H,21,24)/t17-/m0/s1. The molecular weight excluding hydrogens is 350 g/mol. The van der Waals surface area contributed by atoms with Gasteiger partial charge < -0.3 is 15.4 Å². The summed E-state index contributed by atoms with van der Waals surface area (Å²) in [6.07, 6.45) is 1.07.